The van der Waals surface area contributed by atoms with E-state index >= 15 is 0 Å². The fraction of sp³-hybridized carbons (Fsp3) is 0.500. The summed E-state index contributed by atoms with van der Waals surface area (Å²) < 4.78 is 5.53. The molecule has 1 aliphatic rings. The van der Waals surface area contributed by atoms with Gasteiger partial charge in [-0.2, -0.15) is 0 Å². The number of rotatable bonds is 5. The first-order valence-electron chi connectivity index (χ1n) is 9.02. The summed E-state index contributed by atoms with van der Waals surface area (Å²) in [5.41, 5.74) is 3.42. The third-order valence-corrected chi connectivity index (χ3v) is 4.94. The van der Waals surface area contributed by atoms with Gasteiger partial charge in [0.05, 0.1) is 12.8 Å². The Kier molecular flexibility index (Phi) is 5.53. The molecule has 0 radical (unpaired) electrons. The van der Waals surface area contributed by atoms with Crippen LogP contribution >= 0.6 is 0 Å². The summed E-state index contributed by atoms with van der Waals surface area (Å²) in [6.45, 7) is 8.24. The minimum atomic E-state index is 0.239. The molecule has 2 heterocycles. The summed E-state index contributed by atoms with van der Waals surface area (Å²) in [5, 5.41) is 3.77. The molecule has 5 nitrogen and oxygen atoms in total. The summed E-state index contributed by atoms with van der Waals surface area (Å²) in [5.74, 6) is 1.77. The van der Waals surface area contributed by atoms with Gasteiger partial charge in [-0.05, 0) is 45.7 Å². The first kappa shape index (κ1) is 17.7. The molecular formula is C20H28N4O. The van der Waals surface area contributed by atoms with Gasteiger partial charge in [0, 0.05) is 42.6 Å². The second-order valence-corrected chi connectivity index (χ2v) is 6.80. The molecule has 0 spiro atoms. The molecule has 0 aliphatic carbocycles. The van der Waals surface area contributed by atoms with Crippen molar-refractivity contribution in [2.75, 3.05) is 25.1 Å². The van der Waals surface area contributed by atoms with Gasteiger partial charge in [0.15, 0.2) is 0 Å². The van der Waals surface area contributed by atoms with E-state index in [0.29, 0.717) is 6.04 Å². The topological polar surface area (TPSA) is 50.3 Å². The number of methoxy groups -OCH3 is 1. The molecule has 1 aromatic heterocycles. The van der Waals surface area contributed by atoms with Crippen molar-refractivity contribution < 1.29 is 4.74 Å². The maximum absolute atomic E-state index is 5.53. The second-order valence-electron chi connectivity index (χ2n) is 6.80. The predicted molar refractivity (Wildman–Crippen MR) is 101 cm³/mol. The lowest BCUT2D eigenvalue weighted by Gasteiger charge is -2.37. The van der Waals surface area contributed by atoms with Crippen LogP contribution in [0.5, 0.6) is 5.75 Å². The normalized spacial score (nSPS) is 18.9. The molecule has 134 valence electrons. The van der Waals surface area contributed by atoms with Crippen LogP contribution < -0.4 is 15.0 Å². The summed E-state index contributed by atoms with van der Waals surface area (Å²) >= 11 is 0. The summed E-state index contributed by atoms with van der Waals surface area (Å²) in [6, 6.07) is 8.94. The molecule has 1 aromatic carbocycles. The van der Waals surface area contributed by atoms with Crippen LogP contribution in [-0.4, -0.2) is 36.2 Å². The van der Waals surface area contributed by atoms with Crippen LogP contribution in [0.1, 0.15) is 42.9 Å². The number of nitrogens with one attached hydrogen (secondary N) is 1. The van der Waals surface area contributed by atoms with Crippen LogP contribution in [0.15, 0.2) is 30.5 Å². The summed E-state index contributed by atoms with van der Waals surface area (Å²) in [4.78, 5) is 11.3. The van der Waals surface area contributed by atoms with Crippen molar-refractivity contribution in [3.63, 3.8) is 0 Å². The van der Waals surface area contributed by atoms with Crippen LogP contribution in [0.4, 0.5) is 5.69 Å². The first-order chi connectivity index (χ1) is 12.1. The van der Waals surface area contributed by atoms with Crippen molar-refractivity contribution in [3.05, 3.63) is 47.5 Å². The average Bonchev–Trinajstić information content (AvgIpc) is 2.61. The van der Waals surface area contributed by atoms with E-state index in [4.69, 9.17) is 4.74 Å². The highest BCUT2D eigenvalue weighted by atomic mass is 16.5. The second kappa shape index (κ2) is 7.83. The zero-order valence-corrected chi connectivity index (χ0v) is 15.6. The largest absolute Gasteiger partial charge is 0.495 e. The van der Waals surface area contributed by atoms with Gasteiger partial charge in [-0.15, -0.1) is 0 Å². The zero-order valence-electron chi connectivity index (χ0n) is 15.6. The molecule has 0 amide bonds. The summed E-state index contributed by atoms with van der Waals surface area (Å²) in [7, 11) is 1.74. The van der Waals surface area contributed by atoms with Crippen molar-refractivity contribution in [2.45, 2.75) is 45.7 Å². The molecule has 1 N–H and O–H groups in total. The molecular weight excluding hydrogens is 312 g/mol. The highest BCUT2D eigenvalue weighted by Gasteiger charge is 2.24. The highest BCUT2D eigenvalue weighted by molar-refractivity contribution is 5.58. The van der Waals surface area contributed by atoms with Crippen molar-refractivity contribution in [2.24, 2.45) is 0 Å². The number of anilines is 1. The number of hydrogen-bond donors (Lipinski definition) is 1. The molecule has 3 rings (SSSR count). The van der Waals surface area contributed by atoms with Crippen LogP contribution in [-0.2, 0) is 0 Å². The lowest BCUT2D eigenvalue weighted by Crippen LogP contribution is -2.46. The lowest BCUT2D eigenvalue weighted by atomic mass is 10.0. The monoisotopic (exact) mass is 340 g/mol. The summed E-state index contributed by atoms with van der Waals surface area (Å²) in [6.07, 6.45) is 4.31. The maximum atomic E-state index is 5.53. The van der Waals surface area contributed by atoms with E-state index in [0.717, 1.165) is 30.4 Å². The van der Waals surface area contributed by atoms with E-state index in [1.807, 2.05) is 25.3 Å². The van der Waals surface area contributed by atoms with Gasteiger partial charge in [-0.1, -0.05) is 12.1 Å². The van der Waals surface area contributed by atoms with Crippen molar-refractivity contribution in [3.8, 4) is 5.75 Å². The zero-order chi connectivity index (χ0) is 17.8. The number of hydrogen-bond acceptors (Lipinski definition) is 5. The van der Waals surface area contributed by atoms with Gasteiger partial charge in [-0.25, -0.2) is 9.97 Å². The smallest absolute Gasteiger partial charge is 0.142 e. The van der Waals surface area contributed by atoms with E-state index in [2.05, 4.69) is 46.2 Å². The van der Waals surface area contributed by atoms with Crippen LogP contribution in [0.25, 0.3) is 0 Å². The van der Waals surface area contributed by atoms with E-state index in [-0.39, 0.29) is 6.04 Å². The number of piperidine rings is 1. The van der Waals surface area contributed by atoms with Crippen molar-refractivity contribution >= 4 is 5.69 Å². The van der Waals surface area contributed by atoms with Crippen LogP contribution in [0, 0.1) is 13.8 Å². The van der Waals surface area contributed by atoms with Crippen molar-refractivity contribution in [1.82, 2.24) is 15.3 Å². The van der Waals surface area contributed by atoms with Gasteiger partial charge in [0.1, 0.15) is 11.6 Å². The molecule has 1 fully saturated rings. The molecule has 1 aliphatic heterocycles. The number of aromatic nitrogens is 2. The molecule has 2 aromatic rings. The van der Waals surface area contributed by atoms with Gasteiger partial charge in [-0.3, -0.25) is 0 Å². The van der Waals surface area contributed by atoms with E-state index < -0.39 is 0 Å². The number of ether oxygens (including phenoxy) is 1. The Bertz CT molecular complexity index is 719. The Morgan fingerprint density at radius 2 is 2.08 bits per heavy atom. The van der Waals surface area contributed by atoms with Gasteiger partial charge in [0.2, 0.25) is 0 Å². The van der Waals surface area contributed by atoms with Crippen LogP contribution in [0.3, 0.4) is 0 Å². The highest BCUT2D eigenvalue weighted by Crippen LogP contribution is 2.30. The van der Waals surface area contributed by atoms with Crippen molar-refractivity contribution in [1.29, 1.82) is 0 Å². The van der Waals surface area contributed by atoms with Gasteiger partial charge in [0.25, 0.3) is 0 Å². The quantitative estimate of drug-likeness (QED) is 0.904. The predicted octanol–water partition coefficient (Wildman–Crippen LogP) is 3.42. The molecule has 2 atom stereocenters. The molecule has 5 heteroatoms. The third kappa shape index (κ3) is 4.10. The lowest BCUT2D eigenvalue weighted by molar-refractivity contribution is 0.379. The molecule has 0 bridgehead atoms. The number of nitrogens with zero attached hydrogens (tertiary/aromatic N) is 3. The van der Waals surface area contributed by atoms with E-state index in [1.165, 1.54) is 24.1 Å². The van der Waals surface area contributed by atoms with Crippen LogP contribution in [0.2, 0.25) is 0 Å². The third-order valence-electron chi connectivity index (χ3n) is 4.94. The minimum absolute atomic E-state index is 0.239. The Morgan fingerprint density at radius 1 is 1.28 bits per heavy atom. The van der Waals surface area contributed by atoms with E-state index in [1.54, 1.807) is 7.11 Å². The maximum Gasteiger partial charge on any atom is 0.142 e. The Balaban J connectivity index is 1.69. The minimum Gasteiger partial charge on any atom is -0.495 e. The van der Waals surface area contributed by atoms with E-state index in [9.17, 15) is 0 Å². The van der Waals surface area contributed by atoms with Gasteiger partial charge >= 0.3 is 0 Å². The average molecular weight is 340 g/mol. The molecule has 0 saturated carbocycles. The van der Waals surface area contributed by atoms with Gasteiger partial charge < -0.3 is 15.0 Å². The number of benzene rings is 1. The Labute approximate surface area is 150 Å². The standard InChI is InChI=1S/C20H28N4O/c1-14-18(12-21-16(3)22-14)15(2)23-17-8-7-11-24(13-17)19-9-5-6-10-20(19)25-4/h5-6,9-10,12,15,17,23H,7-8,11,13H2,1-4H3. The Morgan fingerprint density at radius 3 is 2.84 bits per heavy atom. The fourth-order valence-corrected chi connectivity index (χ4v) is 3.68. The fourth-order valence-electron chi connectivity index (χ4n) is 3.68. The first-order valence-corrected chi connectivity index (χ1v) is 9.02. The molecule has 25 heavy (non-hydrogen) atoms. The SMILES string of the molecule is COc1ccccc1N1CCCC(NC(C)c2cnc(C)nc2C)C1. The number of para-hydroxylation sites is 2. The number of aryl methyl sites for hydroxylation is 2. The molecule has 1 saturated heterocycles. The Hall–Kier alpha value is -2.14. The molecule has 2 unspecified atom stereocenters.